The molecule has 21 heteroatoms. The highest BCUT2D eigenvalue weighted by Crippen LogP contribution is 2.48. The van der Waals surface area contributed by atoms with Crippen LogP contribution in [0.5, 0.6) is 0 Å². The Hall–Kier alpha value is -13.4. The second kappa shape index (κ2) is 57.0. The average Bonchev–Trinajstić information content (AvgIpc) is 0.855. The Balaban J connectivity index is 0.000000307. The maximum absolute atomic E-state index is 12.6. The Morgan fingerprint density at radius 3 is 0.960 bits per heavy atom. The molecule has 0 spiro atoms. The summed E-state index contributed by atoms with van der Waals surface area (Å²) in [5.74, 6) is -3.43. The smallest absolute Gasteiger partial charge is 0.341 e. The molecule has 0 atom stereocenters. The topological polar surface area (TPSA) is 269 Å². The zero-order valence-corrected chi connectivity index (χ0v) is 73.3. The van der Waals surface area contributed by atoms with Gasteiger partial charge in [-0.15, -0.1) is 0 Å². The van der Waals surface area contributed by atoms with Gasteiger partial charge in [-0.1, -0.05) is 344 Å². The van der Waals surface area contributed by atoms with E-state index >= 15 is 0 Å². The third kappa shape index (κ3) is 40.0. The highest BCUT2D eigenvalue weighted by Gasteiger charge is 2.29. The number of ether oxygens (including phenoxy) is 3. The molecule has 19 nitrogen and oxygen atoms in total. The van der Waals surface area contributed by atoms with E-state index in [4.69, 9.17) is 35.2 Å². The summed E-state index contributed by atoms with van der Waals surface area (Å²) in [6.07, 6.45) is 13.8. The first-order valence-electron chi connectivity index (χ1n) is 40.3. The van der Waals surface area contributed by atoms with Gasteiger partial charge < -0.3 is 33.7 Å². The summed E-state index contributed by atoms with van der Waals surface area (Å²) in [5.41, 5.74) is 11.0. The number of nitrogens with one attached hydrogen (secondary N) is 1. The Morgan fingerprint density at radius 2 is 0.704 bits per heavy atom. The van der Waals surface area contributed by atoms with Crippen LogP contribution >= 0.6 is 19.2 Å². The highest BCUT2D eigenvalue weighted by atomic mass is 35.5. The van der Waals surface area contributed by atoms with Crippen LogP contribution < -0.4 is 5.32 Å². The van der Waals surface area contributed by atoms with Crippen molar-refractivity contribution >= 4 is 100 Å². The minimum Gasteiger partial charge on any atom is -0.478 e. The molecule has 652 valence electrons. The van der Waals surface area contributed by atoms with Gasteiger partial charge >= 0.3 is 37.4 Å². The first-order chi connectivity index (χ1) is 59.5. The van der Waals surface area contributed by atoms with E-state index in [1.54, 1.807) is 93.5 Å². The van der Waals surface area contributed by atoms with E-state index in [-0.39, 0.29) is 73.5 Å². The summed E-state index contributed by atoms with van der Waals surface area (Å²) < 4.78 is 36.2. The van der Waals surface area contributed by atoms with Gasteiger partial charge in [0, 0.05) is 53.9 Å². The van der Waals surface area contributed by atoms with Crippen molar-refractivity contribution in [1.29, 1.82) is 0 Å². The van der Waals surface area contributed by atoms with Gasteiger partial charge in [0.15, 0.2) is 5.78 Å². The molecule has 2 aliphatic heterocycles. The van der Waals surface area contributed by atoms with Crippen LogP contribution in [0.15, 0.2) is 352 Å². The number of carboxylic acids is 1. The summed E-state index contributed by atoms with van der Waals surface area (Å²) in [6, 6.07) is 95.9. The number of imide groups is 1. The molecule has 0 fully saturated rings. The normalized spacial score (nSPS) is 11.4. The van der Waals surface area contributed by atoms with Crippen LogP contribution in [0.25, 0.3) is 22.3 Å². The number of hydrogen-bond acceptors (Lipinski definition) is 16. The number of carbonyl (C=O) groups excluding carboxylic acids is 9. The van der Waals surface area contributed by atoms with Gasteiger partial charge in [-0.3, -0.25) is 43.0 Å². The van der Waals surface area contributed by atoms with Crippen molar-refractivity contribution in [2.24, 2.45) is 10.8 Å². The molecule has 0 aliphatic carbocycles. The highest BCUT2D eigenvalue weighted by molar-refractivity contribution is 7.54. The fraction of sp³-hybridized carbons (Fsp3) is 0.212. The standard InChI is InChI=1S/C20H17NO2.C20H20O3.C17H16O2.C15H12O2.C13H10O.C8H17O5P.C5H9ClO.C5H7NO.CH4/c22-19-13-7-8-14-21(19)20(23)15-18(16-9-3-1-4-10-16)17-11-5-2-6-12-17;1-20(2,3)19(22)23-18(21)14-17(15-10-6-4-7-11-15)16-12-8-5-9-13-16;1-2-19-17(18)13-16(14-9-5-3-6-10-14)15-11-7-4-8-12-15;16-15(17)11-14(12-7-3-1-4-8-12)13-9-5-2-6-10-13;14-13(11-7-3-1-4-8-11)12-9-5-2-6-10-12;1-4-11-8(9)7-14(10,12-5-2)13-6-3;1-5(2,3)4(6)7;7-5-3-1-2-4-6-5;/h1-7,9-13,15H,8,14H2;4-14H,1-3H3;3-13H,2H2,1H3;1-11H,(H,16,17);1-10H;4-7H2,1-3H3;1-3H3;1,3H,2,4H2,(H,6,7);1H4. The van der Waals surface area contributed by atoms with Gasteiger partial charge in [0.1, 0.15) is 6.16 Å². The lowest BCUT2D eigenvalue weighted by Gasteiger charge is -2.20. The summed E-state index contributed by atoms with van der Waals surface area (Å²) in [6.45, 7) is 19.7. The fourth-order valence-electron chi connectivity index (χ4n) is 10.9. The second-order valence-corrected chi connectivity index (χ2v) is 31.1. The Bertz CT molecular complexity index is 5010. The van der Waals surface area contributed by atoms with E-state index in [1.165, 1.54) is 23.1 Å². The molecule has 0 unspecified atom stereocenters. The molecular formula is C104H112ClN2O17P. The van der Waals surface area contributed by atoms with E-state index in [0.717, 1.165) is 90.9 Å². The van der Waals surface area contributed by atoms with E-state index in [9.17, 15) is 52.5 Å². The van der Waals surface area contributed by atoms with Crippen LogP contribution in [0, 0.1) is 10.8 Å². The number of ketones is 1. The molecule has 3 amide bonds. The van der Waals surface area contributed by atoms with E-state index in [0.29, 0.717) is 19.6 Å². The molecule has 2 N–H and O–H groups in total. The molecular weight excluding hydrogens is 1620 g/mol. The van der Waals surface area contributed by atoms with E-state index in [1.807, 2.05) is 309 Å². The molecule has 0 radical (unpaired) electrons. The van der Waals surface area contributed by atoms with Crippen molar-refractivity contribution in [1.82, 2.24) is 10.2 Å². The molecule has 10 aromatic carbocycles. The second-order valence-electron chi connectivity index (χ2n) is 28.7. The monoisotopic (exact) mass is 1730 g/mol. The molecule has 2 aliphatic rings. The number of carboxylic acid groups (broad SMARTS) is 1. The SMILES string of the molecule is C.CC(C)(C)C(=O)Cl.CC(C)(C)C(=O)OC(=O)C=C(c1ccccc1)c1ccccc1.CCOC(=O)C=C(c1ccccc1)c1ccccc1.CCOC(=O)CP(=O)(OCC)OCC.O=C(O)C=C(c1ccccc1)c1ccccc1.O=C(c1ccccc1)c1ccccc1.O=C1C=CCCN1.O=C1C=CCCN1C(=O)C=C(c1ccccc1)c1ccccc1. The van der Waals surface area contributed by atoms with Crippen LogP contribution in [0.3, 0.4) is 0 Å². The summed E-state index contributed by atoms with van der Waals surface area (Å²) in [7, 11) is -3.28. The number of esters is 4. The molecule has 12 rings (SSSR count). The van der Waals surface area contributed by atoms with Crippen LogP contribution in [0.2, 0.25) is 0 Å². The Kier molecular flexibility index (Phi) is 47.4. The average molecular weight is 1730 g/mol. The first-order valence-corrected chi connectivity index (χ1v) is 42.4. The first kappa shape index (κ1) is 104. The number of carbonyl (C=O) groups is 10. The molecule has 0 saturated heterocycles. The lowest BCUT2D eigenvalue weighted by Crippen LogP contribution is -2.37. The zero-order chi connectivity index (χ0) is 90.6. The number of halogens is 1. The fourth-order valence-corrected chi connectivity index (χ4v) is 12.3. The number of nitrogens with zero attached hydrogens (tertiary/aromatic N) is 1. The van der Waals surface area contributed by atoms with Crippen LogP contribution in [-0.2, 0) is 71.0 Å². The molecule has 0 saturated carbocycles. The molecule has 2 heterocycles. The molecule has 10 aromatic rings. The molecule has 0 bridgehead atoms. The minimum atomic E-state index is -3.28. The van der Waals surface area contributed by atoms with E-state index < -0.39 is 36.9 Å². The van der Waals surface area contributed by atoms with Gasteiger partial charge in [-0.2, -0.15) is 0 Å². The lowest BCUT2D eigenvalue weighted by molar-refractivity contribution is -0.162. The predicted octanol–water partition coefficient (Wildman–Crippen LogP) is 21.8. The zero-order valence-electron chi connectivity index (χ0n) is 71.6. The van der Waals surface area contributed by atoms with Gasteiger partial charge in [0.05, 0.1) is 31.8 Å². The van der Waals surface area contributed by atoms with Gasteiger partial charge in [0.2, 0.25) is 11.1 Å². The van der Waals surface area contributed by atoms with Crippen LogP contribution in [-0.4, -0.2) is 114 Å². The Morgan fingerprint density at radius 1 is 0.408 bits per heavy atom. The van der Waals surface area contributed by atoms with Crippen molar-refractivity contribution < 1.29 is 80.9 Å². The summed E-state index contributed by atoms with van der Waals surface area (Å²) in [4.78, 5) is 116. The number of aliphatic carboxylic acids is 1. The number of benzene rings is 10. The van der Waals surface area contributed by atoms with Gasteiger partial charge in [-0.05, 0) is 152 Å². The van der Waals surface area contributed by atoms with Crippen LogP contribution in [0.1, 0.15) is 150 Å². The van der Waals surface area contributed by atoms with Gasteiger partial charge in [0.25, 0.3) is 11.8 Å². The number of amides is 3. The maximum atomic E-state index is 12.6. The number of rotatable bonds is 22. The van der Waals surface area contributed by atoms with Gasteiger partial charge in [-0.25, -0.2) is 14.4 Å². The van der Waals surface area contributed by atoms with Crippen molar-refractivity contribution in [3.05, 3.63) is 408 Å². The van der Waals surface area contributed by atoms with Crippen molar-refractivity contribution in [3.63, 3.8) is 0 Å². The van der Waals surface area contributed by atoms with Crippen molar-refractivity contribution in [2.75, 3.05) is 45.7 Å². The molecule has 0 aromatic heterocycles. The number of hydrogen-bond donors (Lipinski definition) is 2. The predicted molar refractivity (Wildman–Crippen MR) is 498 cm³/mol. The van der Waals surface area contributed by atoms with E-state index in [2.05, 4.69) is 10.1 Å². The summed E-state index contributed by atoms with van der Waals surface area (Å²) in [5, 5.41) is 11.3. The maximum Gasteiger partial charge on any atom is 0.341 e. The largest absolute Gasteiger partial charge is 0.478 e. The minimum absolute atomic E-state index is 0. The summed E-state index contributed by atoms with van der Waals surface area (Å²) >= 11 is 5.11. The quantitative estimate of drug-likeness (QED) is 0.0121. The third-order valence-corrected chi connectivity index (χ3v) is 19.5. The van der Waals surface area contributed by atoms with Crippen molar-refractivity contribution in [2.45, 2.75) is 89.5 Å². The third-order valence-electron chi connectivity index (χ3n) is 17.0. The van der Waals surface area contributed by atoms with Crippen molar-refractivity contribution in [3.8, 4) is 0 Å². The van der Waals surface area contributed by atoms with Crippen LogP contribution in [0.4, 0.5) is 0 Å². The molecule has 125 heavy (non-hydrogen) atoms. The Labute approximate surface area is 740 Å². The lowest BCUT2D eigenvalue weighted by atomic mass is 9.97.